The lowest BCUT2D eigenvalue weighted by Crippen LogP contribution is -2.25. The van der Waals surface area contributed by atoms with Gasteiger partial charge in [0.1, 0.15) is 5.82 Å². The Hall–Kier alpha value is -2.92. The van der Waals surface area contributed by atoms with Crippen LogP contribution in [0, 0.1) is 5.82 Å². The first-order valence-corrected chi connectivity index (χ1v) is 8.48. The molecule has 0 aliphatic carbocycles. The molecule has 0 aliphatic heterocycles. The topological polar surface area (TPSA) is 54.0 Å². The maximum atomic E-state index is 12.9. The first-order chi connectivity index (χ1) is 12.6. The molecule has 0 bridgehead atoms. The summed E-state index contributed by atoms with van der Waals surface area (Å²) in [7, 11) is 0. The largest absolute Gasteiger partial charge is 0.354 e. The number of halogens is 2. The first kappa shape index (κ1) is 17.9. The second kappa shape index (κ2) is 8.45. The lowest BCUT2D eigenvalue weighted by molar-refractivity contribution is 0.0954. The van der Waals surface area contributed by atoms with Gasteiger partial charge < -0.3 is 10.6 Å². The Morgan fingerprint density at radius 1 is 1.04 bits per heavy atom. The molecule has 3 rings (SSSR count). The number of hydrogen-bond donors (Lipinski definition) is 2. The molecule has 3 aromatic rings. The average molecular weight is 370 g/mol. The minimum atomic E-state index is -0.270. The third-order valence-corrected chi connectivity index (χ3v) is 3.96. The van der Waals surface area contributed by atoms with E-state index in [2.05, 4.69) is 15.6 Å². The number of carbonyl (C=O) groups is 1. The van der Waals surface area contributed by atoms with E-state index < -0.39 is 0 Å². The maximum absolute atomic E-state index is 12.9. The molecule has 6 heteroatoms. The Morgan fingerprint density at radius 3 is 2.62 bits per heavy atom. The van der Waals surface area contributed by atoms with Crippen molar-refractivity contribution in [2.24, 2.45) is 0 Å². The van der Waals surface area contributed by atoms with Crippen LogP contribution in [0.25, 0.3) is 0 Å². The Balaban J connectivity index is 1.58. The van der Waals surface area contributed by atoms with Crippen LogP contribution < -0.4 is 10.6 Å². The molecule has 26 heavy (non-hydrogen) atoms. The van der Waals surface area contributed by atoms with Gasteiger partial charge in [-0.3, -0.25) is 9.78 Å². The predicted octanol–water partition coefficient (Wildman–Crippen LogP) is 4.59. The smallest absolute Gasteiger partial charge is 0.252 e. The predicted molar refractivity (Wildman–Crippen MR) is 101 cm³/mol. The van der Waals surface area contributed by atoms with Crippen molar-refractivity contribution in [3.63, 3.8) is 0 Å². The monoisotopic (exact) mass is 369 g/mol. The summed E-state index contributed by atoms with van der Waals surface area (Å²) in [5.74, 6) is -0.484. The van der Waals surface area contributed by atoms with Crippen molar-refractivity contribution < 1.29 is 9.18 Å². The van der Waals surface area contributed by atoms with Crippen LogP contribution in [0.15, 0.2) is 67.0 Å². The van der Waals surface area contributed by atoms with Crippen LogP contribution in [0.5, 0.6) is 0 Å². The number of nitrogens with zero attached hydrogens (tertiary/aromatic N) is 1. The van der Waals surface area contributed by atoms with Gasteiger partial charge in [-0.1, -0.05) is 29.8 Å². The molecule has 0 spiro atoms. The van der Waals surface area contributed by atoms with Gasteiger partial charge in [-0.2, -0.15) is 0 Å². The van der Waals surface area contributed by atoms with E-state index in [-0.39, 0.29) is 11.7 Å². The highest BCUT2D eigenvalue weighted by molar-refractivity contribution is 6.30. The number of anilines is 2. The number of carbonyl (C=O) groups excluding carboxylic acids is 1. The number of rotatable bonds is 6. The van der Waals surface area contributed by atoms with Crippen LogP contribution in [0.1, 0.15) is 15.9 Å². The van der Waals surface area contributed by atoms with Crippen LogP contribution in [-0.2, 0) is 6.42 Å². The Bertz CT molecular complexity index is 900. The van der Waals surface area contributed by atoms with Crippen LogP contribution in [0.3, 0.4) is 0 Å². The Morgan fingerprint density at radius 2 is 1.85 bits per heavy atom. The SMILES string of the molecule is O=C(NCCc1ccc(F)cc1)c1cncc(Nc2cccc(Cl)c2)c1. The number of benzene rings is 2. The fourth-order valence-electron chi connectivity index (χ4n) is 2.44. The first-order valence-electron chi connectivity index (χ1n) is 8.10. The van der Waals surface area contributed by atoms with E-state index in [1.54, 1.807) is 36.5 Å². The molecule has 2 N–H and O–H groups in total. The normalized spacial score (nSPS) is 10.4. The van der Waals surface area contributed by atoms with Crippen LogP contribution >= 0.6 is 11.6 Å². The second-order valence-corrected chi connectivity index (χ2v) is 6.17. The van der Waals surface area contributed by atoms with Crippen molar-refractivity contribution in [2.75, 3.05) is 11.9 Å². The van der Waals surface area contributed by atoms with Gasteiger partial charge in [0.25, 0.3) is 5.91 Å². The van der Waals surface area contributed by atoms with Crippen LogP contribution in [0.4, 0.5) is 15.8 Å². The standard InChI is InChI=1S/C20H17ClFN3O/c21-16-2-1-3-18(11-16)25-19-10-15(12-23-13-19)20(26)24-9-8-14-4-6-17(22)7-5-14/h1-7,10-13,25H,8-9H2,(H,24,26). The van der Waals surface area contributed by atoms with E-state index >= 15 is 0 Å². The number of aromatic nitrogens is 1. The van der Waals surface area contributed by atoms with E-state index in [4.69, 9.17) is 11.6 Å². The lowest BCUT2D eigenvalue weighted by Gasteiger charge is -2.09. The highest BCUT2D eigenvalue weighted by Crippen LogP contribution is 2.20. The molecule has 1 amide bonds. The minimum Gasteiger partial charge on any atom is -0.354 e. The molecule has 4 nitrogen and oxygen atoms in total. The maximum Gasteiger partial charge on any atom is 0.252 e. The molecular weight excluding hydrogens is 353 g/mol. The van der Waals surface area contributed by atoms with Crippen molar-refractivity contribution in [3.05, 3.63) is 89.0 Å². The molecule has 0 saturated carbocycles. The molecule has 0 fully saturated rings. The fourth-order valence-corrected chi connectivity index (χ4v) is 2.63. The zero-order valence-corrected chi connectivity index (χ0v) is 14.6. The summed E-state index contributed by atoms with van der Waals surface area (Å²) in [6, 6.07) is 15.2. The summed E-state index contributed by atoms with van der Waals surface area (Å²) in [5.41, 5.74) is 2.92. The van der Waals surface area contributed by atoms with E-state index in [0.29, 0.717) is 29.2 Å². The third-order valence-electron chi connectivity index (χ3n) is 3.73. The summed E-state index contributed by atoms with van der Waals surface area (Å²) in [6.45, 7) is 0.455. The van der Waals surface area contributed by atoms with Gasteiger partial charge in [0, 0.05) is 23.5 Å². The van der Waals surface area contributed by atoms with Crippen molar-refractivity contribution >= 4 is 28.9 Å². The van der Waals surface area contributed by atoms with E-state index in [1.807, 2.05) is 12.1 Å². The summed E-state index contributed by atoms with van der Waals surface area (Å²) >= 11 is 5.97. The molecule has 132 valence electrons. The van der Waals surface area contributed by atoms with Crippen molar-refractivity contribution in [1.82, 2.24) is 10.3 Å². The zero-order valence-electron chi connectivity index (χ0n) is 13.9. The zero-order chi connectivity index (χ0) is 18.4. The summed E-state index contributed by atoms with van der Waals surface area (Å²) in [4.78, 5) is 16.4. The van der Waals surface area contributed by atoms with Gasteiger partial charge >= 0.3 is 0 Å². The summed E-state index contributed by atoms with van der Waals surface area (Å²) in [6.07, 6.45) is 3.77. The van der Waals surface area contributed by atoms with Gasteiger partial charge in [0.2, 0.25) is 0 Å². The molecule has 0 aliphatic rings. The third kappa shape index (κ3) is 5.04. The number of amides is 1. The van der Waals surface area contributed by atoms with Crippen molar-refractivity contribution in [3.8, 4) is 0 Å². The van der Waals surface area contributed by atoms with Gasteiger partial charge in [-0.15, -0.1) is 0 Å². The number of pyridine rings is 1. The Kier molecular flexibility index (Phi) is 5.81. The molecule has 0 atom stereocenters. The molecule has 0 radical (unpaired) electrons. The lowest BCUT2D eigenvalue weighted by atomic mass is 10.1. The average Bonchev–Trinajstić information content (AvgIpc) is 2.63. The van der Waals surface area contributed by atoms with Gasteiger partial charge in [-0.25, -0.2) is 4.39 Å². The number of hydrogen-bond acceptors (Lipinski definition) is 3. The fraction of sp³-hybridized carbons (Fsp3) is 0.100. The molecular formula is C20H17ClFN3O. The highest BCUT2D eigenvalue weighted by Gasteiger charge is 2.07. The van der Waals surface area contributed by atoms with Gasteiger partial charge in [-0.05, 0) is 48.4 Å². The minimum absolute atomic E-state index is 0.214. The van der Waals surface area contributed by atoms with Crippen molar-refractivity contribution in [1.29, 1.82) is 0 Å². The van der Waals surface area contributed by atoms with E-state index in [1.165, 1.54) is 18.3 Å². The van der Waals surface area contributed by atoms with Gasteiger partial charge in [0.05, 0.1) is 17.4 Å². The van der Waals surface area contributed by atoms with Crippen molar-refractivity contribution in [2.45, 2.75) is 6.42 Å². The summed E-state index contributed by atoms with van der Waals surface area (Å²) in [5, 5.41) is 6.63. The summed E-state index contributed by atoms with van der Waals surface area (Å²) < 4.78 is 12.9. The highest BCUT2D eigenvalue weighted by atomic mass is 35.5. The van der Waals surface area contributed by atoms with Crippen LogP contribution in [0.2, 0.25) is 5.02 Å². The molecule has 0 saturated heterocycles. The van der Waals surface area contributed by atoms with Crippen LogP contribution in [-0.4, -0.2) is 17.4 Å². The van der Waals surface area contributed by atoms with E-state index in [0.717, 1.165) is 11.3 Å². The van der Waals surface area contributed by atoms with Gasteiger partial charge in [0.15, 0.2) is 0 Å². The molecule has 1 heterocycles. The Labute approximate surface area is 156 Å². The molecule has 0 unspecified atom stereocenters. The number of nitrogens with one attached hydrogen (secondary N) is 2. The second-order valence-electron chi connectivity index (χ2n) is 5.73. The molecule has 2 aromatic carbocycles. The molecule has 1 aromatic heterocycles. The quantitative estimate of drug-likeness (QED) is 0.668. The van der Waals surface area contributed by atoms with E-state index in [9.17, 15) is 9.18 Å².